The van der Waals surface area contributed by atoms with E-state index in [4.69, 9.17) is 21.1 Å². The summed E-state index contributed by atoms with van der Waals surface area (Å²) in [6, 6.07) is 13.0. The molecule has 2 unspecified atom stereocenters. The van der Waals surface area contributed by atoms with Gasteiger partial charge in [-0.1, -0.05) is 29.8 Å². The van der Waals surface area contributed by atoms with E-state index >= 15 is 0 Å². The second kappa shape index (κ2) is 10.8. The van der Waals surface area contributed by atoms with Crippen LogP contribution in [0.5, 0.6) is 11.5 Å². The molecule has 0 heterocycles. The molecule has 2 aromatic carbocycles. The van der Waals surface area contributed by atoms with Crippen molar-refractivity contribution in [3.05, 3.63) is 58.6 Å². The van der Waals surface area contributed by atoms with E-state index in [0.29, 0.717) is 34.6 Å². The number of rotatable bonds is 8. The molecule has 152 valence electrons. The number of guanidine groups is 1. The molecule has 0 saturated heterocycles. The molecule has 0 saturated carbocycles. The van der Waals surface area contributed by atoms with Crippen LogP contribution in [0.3, 0.4) is 0 Å². The Morgan fingerprint density at radius 2 is 1.86 bits per heavy atom. The molecule has 2 rings (SSSR count). The summed E-state index contributed by atoms with van der Waals surface area (Å²) in [5.74, 6) is 1.81. The Morgan fingerprint density at radius 1 is 1.11 bits per heavy atom. The van der Waals surface area contributed by atoms with Gasteiger partial charge in [0, 0.05) is 11.6 Å². The highest BCUT2D eigenvalue weighted by Crippen LogP contribution is 2.30. The van der Waals surface area contributed by atoms with Crippen molar-refractivity contribution in [2.24, 2.45) is 4.99 Å². The number of aliphatic hydroxyl groups excluding tert-OH is 1. The first-order valence-electron chi connectivity index (χ1n) is 9.18. The molecule has 0 fully saturated rings. The monoisotopic (exact) mass is 405 g/mol. The summed E-state index contributed by atoms with van der Waals surface area (Å²) in [4.78, 5) is 4.52. The number of nitrogens with one attached hydrogen (secondary N) is 2. The average Bonchev–Trinajstić information content (AvgIpc) is 2.71. The van der Waals surface area contributed by atoms with Crippen molar-refractivity contribution >= 4 is 17.6 Å². The third-order valence-electron chi connectivity index (χ3n) is 4.26. The van der Waals surface area contributed by atoms with Crippen LogP contribution in [-0.2, 0) is 0 Å². The number of aliphatic hydroxyl groups is 1. The quantitative estimate of drug-likeness (QED) is 0.461. The van der Waals surface area contributed by atoms with E-state index in [1.54, 1.807) is 32.4 Å². The van der Waals surface area contributed by atoms with Crippen LogP contribution in [0, 0.1) is 0 Å². The Kier molecular flexibility index (Phi) is 8.42. The maximum atomic E-state index is 10.5. The first-order chi connectivity index (χ1) is 13.5. The number of aliphatic imine (C=N–C) groups is 1. The number of halogens is 1. The molecule has 0 aromatic heterocycles. The second-order valence-electron chi connectivity index (χ2n) is 6.27. The lowest BCUT2D eigenvalue weighted by molar-refractivity contribution is 0.186. The maximum absolute atomic E-state index is 10.5. The summed E-state index contributed by atoms with van der Waals surface area (Å²) >= 11 is 6.08. The zero-order valence-electron chi connectivity index (χ0n) is 16.7. The Hall–Kier alpha value is -2.44. The van der Waals surface area contributed by atoms with Crippen molar-refractivity contribution in [3.8, 4) is 11.5 Å². The molecular formula is C21H28ClN3O3. The van der Waals surface area contributed by atoms with Crippen molar-refractivity contribution in [1.82, 2.24) is 10.6 Å². The van der Waals surface area contributed by atoms with Gasteiger partial charge in [0.15, 0.2) is 17.5 Å². The largest absolute Gasteiger partial charge is 0.493 e. The Labute approximate surface area is 171 Å². The highest BCUT2D eigenvalue weighted by atomic mass is 35.5. The molecule has 0 amide bonds. The molecule has 0 radical (unpaired) electrons. The van der Waals surface area contributed by atoms with Crippen LogP contribution < -0.4 is 20.1 Å². The lowest BCUT2D eigenvalue weighted by Gasteiger charge is -2.19. The summed E-state index contributed by atoms with van der Waals surface area (Å²) in [6.45, 7) is 4.93. The van der Waals surface area contributed by atoms with E-state index in [2.05, 4.69) is 15.6 Å². The van der Waals surface area contributed by atoms with Gasteiger partial charge in [-0.2, -0.15) is 0 Å². The molecule has 0 bridgehead atoms. The predicted octanol–water partition coefficient (Wildman–Crippen LogP) is 3.71. The van der Waals surface area contributed by atoms with Crippen LogP contribution in [-0.4, -0.2) is 38.4 Å². The number of hydrogen-bond acceptors (Lipinski definition) is 4. The molecule has 0 aliphatic carbocycles. The molecule has 7 heteroatoms. The fraction of sp³-hybridized carbons (Fsp3) is 0.381. The van der Waals surface area contributed by atoms with Gasteiger partial charge in [0.25, 0.3) is 0 Å². The van der Waals surface area contributed by atoms with Crippen LogP contribution in [0.4, 0.5) is 0 Å². The predicted molar refractivity (Wildman–Crippen MR) is 113 cm³/mol. The maximum Gasteiger partial charge on any atom is 0.191 e. The average molecular weight is 406 g/mol. The number of nitrogens with zero attached hydrogens (tertiary/aromatic N) is 1. The van der Waals surface area contributed by atoms with Crippen LogP contribution in [0.1, 0.15) is 37.1 Å². The number of ether oxygens (including phenoxy) is 2. The molecule has 0 aliphatic rings. The van der Waals surface area contributed by atoms with Gasteiger partial charge < -0.3 is 25.2 Å². The van der Waals surface area contributed by atoms with Gasteiger partial charge in [0.1, 0.15) is 0 Å². The minimum Gasteiger partial charge on any atom is -0.493 e. The van der Waals surface area contributed by atoms with Crippen molar-refractivity contribution in [3.63, 3.8) is 0 Å². The standard InChI is InChI=1S/C21H28ClN3O3/c1-5-23-21(25-14(2)15-7-6-8-17(22)11-15)24-13-18(26)16-9-10-19(27-3)20(12-16)28-4/h6-12,14,18,26H,5,13H2,1-4H3,(H2,23,24,25). The third kappa shape index (κ3) is 6.04. The van der Waals surface area contributed by atoms with Gasteiger partial charge in [-0.15, -0.1) is 0 Å². The van der Waals surface area contributed by atoms with Crippen LogP contribution in [0.25, 0.3) is 0 Å². The molecule has 0 spiro atoms. The number of benzene rings is 2. The zero-order chi connectivity index (χ0) is 20.5. The Balaban J connectivity index is 2.09. The van der Waals surface area contributed by atoms with Gasteiger partial charge in [-0.3, -0.25) is 4.99 Å². The molecule has 2 atom stereocenters. The molecule has 0 aliphatic heterocycles. The van der Waals surface area contributed by atoms with Crippen molar-refractivity contribution in [2.75, 3.05) is 27.3 Å². The summed E-state index contributed by atoms with van der Waals surface area (Å²) in [5, 5.41) is 17.8. The molecule has 28 heavy (non-hydrogen) atoms. The summed E-state index contributed by atoms with van der Waals surface area (Å²) < 4.78 is 10.5. The second-order valence-corrected chi connectivity index (χ2v) is 6.71. The van der Waals surface area contributed by atoms with Gasteiger partial charge in [0.05, 0.1) is 32.9 Å². The van der Waals surface area contributed by atoms with Crippen LogP contribution in [0.2, 0.25) is 5.02 Å². The van der Waals surface area contributed by atoms with Gasteiger partial charge in [0.2, 0.25) is 0 Å². The highest BCUT2D eigenvalue weighted by molar-refractivity contribution is 6.30. The smallest absolute Gasteiger partial charge is 0.191 e. The van der Waals surface area contributed by atoms with E-state index in [1.807, 2.05) is 38.1 Å². The minimum atomic E-state index is -0.767. The van der Waals surface area contributed by atoms with Gasteiger partial charge in [-0.05, 0) is 49.2 Å². The van der Waals surface area contributed by atoms with E-state index in [1.165, 1.54) is 0 Å². The van der Waals surface area contributed by atoms with E-state index in [9.17, 15) is 5.11 Å². The molecule has 2 aromatic rings. The van der Waals surface area contributed by atoms with Crippen LogP contribution >= 0.6 is 11.6 Å². The highest BCUT2D eigenvalue weighted by Gasteiger charge is 2.13. The summed E-state index contributed by atoms with van der Waals surface area (Å²) in [7, 11) is 3.14. The van der Waals surface area contributed by atoms with E-state index in [-0.39, 0.29) is 12.6 Å². The lowest BCUT2D eigenvalue weighted by Crippen LogP contribution is -2.39. The number of hydrogen-bond donors (Lipinski definition) is 3. The van der Waals surface area contributed by atoms with Gasteiger partial charge >= 0.3 is 0 Å². The fourth-order valence-electron chi connectivity index (χ4n) is 2.73. The lowest BCUT2D eigenvalue weighted by atomic mass is 10.1. The van der Waals surface area contributed by atoms with E-state index < -0.39 is 6.10 Å². The van der Waals surface area contributed by atoms with Crippen LogP contribution in [0.15, 0.2) is 47.5 Å². The minimum absolute atomic E-state index is 0.00900. The number of methoxy groups -OCH3 is 2. The molecule has 3 N–H and O–H groups in total. The summed E-state index contributed by atoms with van der Waals surface area (Å²) in [6.07, 6.45) is -0.767. The normalized spacial score (nSPS) is 13.6. The van der Waals surface area contributed by atoms with E-state index in [0.717, 1.165) is 5.56 Å². The Bertz CT molecular complexity index is 798. The van der Waals surface area contributed by atoms with Crippen molar-refractivity contribution < 1.29 is 14.6 Å². The molecular weight excluding hydrogens is 378 g/mol. The third-order valence-corrected chi connectivity index (χ3v) is 4.50. The zero-order valence-corrected chi connectivity index (χ0v) is 17.5. The van der Waals surface area contributed by atoms with Crippen molar-refractivity contribution in [2.45, 2.75) is 26.0 Å². The SMILES string of the molecule is CCNC(=NCC(O)c1ccc(OC)c(OC)c1)NC(C)c1cccc(Cl)c1. The topological polar surface area (TPSA) is 75.1 Å². The van der Waals surface area contributed by atoms with Gasteiger partial charge in [-0.25, -0.2) is 0 Å². The molecule has 6 nitrogen and oxygen atoms in total. The fourth-order valence-corrected chi connectivity index (χ4v) is 2.93. The van der Waals surface area contributed by atoms with Crippen molar-refractivity contribution in [1.29, 1.82) is 0 Å². The first kappa shape index (κ1) is 21.9. The first-order valence-corrected chi connectivity index (χ1v) is 9.56. The summed E-state index contributed by atoms with van der Waals surface area (Å²) in [5.41, 5.74) is 1.76. The Morgan fingerprint density at radius 3 is 2.50 bits per heavy atom.